The van der Waals surface area contributed by atoms with E-state index in [9.17, 15) is 0 Å². The number of hydrogen-bond donors (Lipinski definition) is 0. The summed E-state index contributed by atoms with van der Waals surface area (Å²) in [5, 5.41) is 6.93. The van der Waals surface area contributed by atoms with Gasteiger partial charge in [0.15, 0.2) is 5.58 Å². The molecule has 0 fully saturated rings. The molecule has 202 valence electrons. The Morgan fingerprint density at radius 3 is 1.86 bits per heavy atom. The van der Waals surface area contributed by atoms with Crippen molar-refractivity contribution in [1.82, 2.24) is 14.1 Å². The molecule has 0 aliphatic rings. The number of hydrogen-bond acceptors (Lipinski definition) is 3. The number of benzene rings is 6. The lowest BCUT2D eigenvalue weighted by Crippen LogP contribution is -1.94. The summed E-state index contributed by atoms with van der Waals surface area (Å²) in [6.45, 7) is 0. The smallest absolute Gasteiger partial charge is 0.307 e. The first-order valence-corrected chi connectivity index (χ1v) is 14.5. The van der Waals surface area contributed by atoms with Crippen molar-refractivity contribution >= 4 is 88.3 Å². The van der Waals surface area contributed by atoms with Crippen molar-refractivity contribution in [2.24, 2.45) is 0 Å². The monoisotopic (exact) mass is 573 g/mol. The van der Waals surface area contributed by atoms with E-state index < -0.39 is 0 Å². The highest BCUT2D eigenvalue weighted by molar-refractivity contribution is 6.37. The molecule has 0 aliphatic carbocycles. The summed E-state index contributed by atoms with van der Waals surface area (Å²) in [6, 6.07) is 42.3. The van der Waals surface area contributed by atoms with E-state index in [1.165, 1.54) is 5.39 Å². The van der Waals surface area contributed by atoms with Crippen LogP contribution in [0.15, 0.2) is 130 Å². The van der Waals surface area contributed by atoms with Crippen molar-refractivity contribution in [2.45, 2.75) is 0 Å². The van der Waals surface area contributed by atoms with E-state index >= 15 is 0 Å². The number of furan rings is 1. The number of para-hydroxylation sites is 4. The van der Waals surface area contributed by atoms with Gasteiger partial charge in [-0.1, -0.05) is 84.4 Å². The van der Waals surface area contributed by atoms with Gasteiger partial charge < -0.3 is 13.4 Å². The van der Waals surface area contributed by atoms with E-state index in [4.69, 9.17) is 25.4 Å². The molecule has 0 unspecified atom stereocenters. The summed E-state index contributed by atoms with van der Waals surface area (Å²) >= 11 is 6.78. The molecule has 0 bridgehead atoms. The third-order valence-corrected chi connectivity index (χ3v) is 8.91. The van der Waals surface area contributed by atoms with Crippen LogP contribution in [-0.2, 0) is 0 Å². The zero-order valence-corrected chi connectivity index (χ0v) is 23.3. The molecule has 6 aromatic carbocycles. The average Bonchev–Trinajstić information content (AvgIpc) is 3.79. The third kappa shape index (κ3) is 3.04. The Bertz CT molecular complexity index is 2740. The molecule has 6 heteroatoms. The van der Waals surface area contributed by atoms with Gasteiger partial charge in [0.1, 0.15) is 16.7 Å². The third-order valence-electron chi connectivity index (χ3n) is 8.62. The van der Waals surface area contributed by atoms with Crippen molar-refractivity contribution in [3.8, 4) is 11.7 Å². The van der Waals surface area contributed by atoms with Crippen LogP contribution < -0.4 is 0 Å². The maximum Gasteiger partial charge on any atom is 0.307 e. The zero-order chi connectivity index (χ0) is 28.2. The second kappa shape index (κ2) is 8.28. The molecule has 4 heterocycles. The zero-order valence-electron chi connectivity index (χ0n) is 22.6. The fourth-order valence-corrected chi connectivity index (χ4v) is 7.04. The van der Waals surface area contributed by atoms with Gasteiger partial charge in [-0.3, -0.25) is 4.57 Å². The molecule has 5 nitrogen and oxygen atoms in total. The first-order valence-electron chi connectivity index (χ1n) is 14.2. The van der Waals surface area contributed by atoms with Crippen LogP contribution in [0.3, 0.4) is 0 Å². The Kier molecular flexibility index (Phi) is 4.44. The molecular formula is C37H20ClN3O2. The summed E-state index contributed by atoms with van der Waals surface area (Å²) in [4.78, 5) is 5.00. The average molecular weight is 574 g/mol. The van der Waals surface area contributed by atoms with Crippen molar-refractivity contribution < 1.29 is 8.83 Å². The maximum atomic E-state index is 6.78. The lowest BCUT2D eigenvalue weighted by molar-refractivity contribution is 0.577. The first-order chi connectivity index (χ1) is 21.2. The number of rotatable bonds is 2. The van der Waals surface area contributed by atoms with Crippen LogP contribution in [0.4, 0.5) is 0 Å². The molecule has 43 heavy (non-hydrogen) atoms. The molecule has 10 rings (SSSR count). The molecule has 0 N–H and O–H groups in total. The SMILES string of the molecule is Clc1cc2oc3ccccc3c2c2oc(-n3c4ccccc4c4cc5c(cc43)c3ccccc3n5-c3ccccc3)nc12. The van der Waals surface area contributed by atoms with Gasteiger partial charge in [0.2, 0.25) is 0 Å². The van der Waals surface area contributed by atoms with Crippen LogP contribution in [0.5, 0.6) is 0 Å². The highest BCUT2D eigenvalue weighted by Gasteiger charge is 2.23. The fraction of sp³-hybridized carbons (Fsp3) is 0. The summed E-state index contributed by atoms with van der Waals surface area (Å²) in [6.07, 6.45) is 0. The topological polar surface area (TPSA) is 49.0 Å². The summed E-state index contributed by atoms with van der Waals surface area (Å²) in [7, 11) is 0. The standard InChI is InChI=1S/C37H20ClN3O2/c38-27-20-33-34(24-14-6-9-17-32(24)42-33)36-35(27)39-37(43-36)41-29-16-8-5-13-23(29)26-18-30-25(19-31(26)41)22-12-4-7-15-28(22)40(30)21-10-2-1-3-11-21/h1-20H. The minimum atomic E-state index is 0.465. The molecule has 0 amide bonds. The van der Waals surface area contributed by atoms with Crippen molar-refractivity contribution in [1.29, 1.82) is 0 Å². The van der Waals surface area contributed by atoms with E-state index in [0.717, 1.165) is 60.3 Å². The predicted octanol–water partition coefficient (Wildman–Crippen LogP) is 10.6. The predicted molar refractivity (Wildman–Crippen MR) is 175 cm³/mol. The minimum Gasteiger partial charge on any atom is -0.456 e. The fourth-order valence-electron chi connectivity index (χ4n) is 6.81. The molecule has 0 spiro atoms. The first kappa shape index (κ1) is 23.1. The van der Waals surface area contributed by atoms with Gasteiger partial charge >= 0.3 is 6.01 Å². The van der Waals surface area contributed by atoms with Crippen molar-refractivity contribution in [2.75, 3.05) is 0 Å². The van der Waals surface area contributed by atoms with Crippen LogP contribution in [0.1, 0.15) is 0 Å². The Morgan fingerprint density at radius 2 is 1.12 bits per heavy atom. The second-order valence-electron chi connectivity index (χ2n) is 10.9. The molecule has 4 aromatic heterocycles. The Balaban J connectivity index is 1.35. The van der Waals surface area contributed by atoms with Gasteiger partial charge in [0.05, 0.1) is 32.5 Å². The summed E-state index contributed by atoms with van der Waals surface area (Å²) in [5.74, 6) is 0. The van der Waals surface area contributed by atoms with E-state index in [1.807, 2.05) is 36.4 Å². The second-order valence-corrected chi connectivity index (χ2v) is 11.3. The van der Waals surface area contributed by atoms with Gasteiger partial charge in [-0.05, 0) is 42.5 Å². The van der Waals surface area contributed by atoms with Crippen molar-refractivity contribution in [3.63, 3.8) is 0 Å². The van der Waals surface area contributed by atoms with Crippen LogP contribution >= 0.6 is 11.6 Å². The Morgan fingerprint density at radius 1 is 0.512 bits per heavy atom. The van der Waals surface area contributed by atoms with Crippen LogP contribution in [0, 0.1) is 0 Å². The van der Waals surface area contributed by atoms with Crippen LogP contribution in [0.25, 0.3) is 88.4 Å². The van der Waals surface area contributed by atoms with E-state index in [2.05, 4.69) is 94.1 Å². The Labute approximate surface area is 248 Å². The quantitative estimate of drug-likeness (QED) is 0.207. The van der Waals surface area contributed by atoms with Gasteiger partial charge in [0.25, 0.3) is 0 Å². The Hall–Kier alpha value is -5.52. The molecule has 0 radical (unpaired) electrons. The molecular weight excluding hydrogens is 554 g/mol. The lowest BCUT2D eigenvalue weighted by Gasteiger charge is -2.07. The van der Waals surface area contributed by atoms with Crippen LogP contribution in [-0.4, -0.2) is 14.1 Å². The molecule has 0 aliphatic heterocycles. The largest absolute Gasteiger partial charge is 0.456 e. The van der Waals surface area contributed by atoms with Gasteiger partial charge in [-0.15, -0.1) is 0 Å². The maximum absolute atomic E-state index is 6.78. The van der Waals surface area contributed by atoms with E-state index in [0.29, 0.717) is 27.7 Å². The summed E-state index contributed by atoms with van der Waals surface area (Å²) < 4.78 is 17.3. The molecule has 10 aromatic rings. The number of aromatic nitrogens is 3. The van der Waals surface area contributed by atoms with Gasteiger partial charge in [-0.2, -0.15) is 4.98 Å². The molecule has 0 atom stereocenters. The molecule has 0 saturated carbocycles. The normalized spacial score (nSPS) is 12.3. The number of oxazole rings is 1. The highest BCUT2D eigenvalue weighted by Crippen LogP contribution is 2.42. The van der Waals surface area contributed by atoms with E-state index in [1.54, 1.807) is 0 Å². The number of nitrogens with zero attached hydrogens (tertiary/aromatic N) is 3. The summed E-state index contributed by atoms with van der Waals surface area (Å²) in [5.41, 5.74) is 8.16. The van der Waals surface area contributed by atoms with E-state index in [-0.39, 0.29) is 0 Å². The van der Waals surface area contributed by atoms with Gasteiger partial charge in [0, 0.05) is 38.7 Å². The van der Waals surface area contributed by atoms with Crippen molar-refractivity contribution in [3.05, 3.63) is 126 Å². The highest BCUT2D eigenvalue weighted by atomic mass is 35.5. The number of fused-ring (bicyclic) bond motifs is 11. The number of halogens is 1. The van der Waals surface area contributed by atoms with Gasteiger partial charge in [-0.25, -0.2) is 0 Å². The minimum absolute atomic E-state index is 0.465. The molecule has 0 saturated heterocycles. The van der Waals surface area contributed by atoms with Crippen LogP contribution in [0.2, 0.25) is 5.02 Å². The lowest BCUT2D eigenvalue weighted by atomic mass is 10.1.